The molecule has 2 aliphatic rings. The van der Waals surface area contributed by atoms with Crippen LogP contribution in [0, 0.1) is 0 Å². The molecular formula is C24H24N2O6. The van der Waals surface area contributed by atoms with Gasteiger partial charge in [-0.2, -0.15) is 0 Å². The van der Waals surface area contributed by atoms with Crippen LogP contribution in [0.25, 0.3) is 0 Å². The van der Waals surface area contributed by atoms with Crippen molar-refractivity contribution in [2.45, 2.75) is 45.8 Å². The molecule has 0 radical (unpaired) electrons. The van der Waals surface area contributed by atoms with Crippen LogP contribution in [-0.2, 0) is 33.8 Å². The molecule has 166 valence electrons. The average Bonchev–Trinajstić information content (AvgIpc) is 2.97. The van der Waals surface area contributed by atoms with E-state index in [-0.39, 0.29) is 23.6 Å². The van der Waals surface area contributed by atoms with Gasteiger partial charge in [-0.25, -0.2) is 9.59 Å². The van der Waals surface area contributed by atoms with Crippen LogP contribution in [0.1, 0.15) is 58.2 Å². The zero-order valence-corrected chi connectivity index (χ0v) is 18.2. The van der Waals surface area contributed by atoms with Gasteiger partial charge in [-0.05, 0) is 56.0 Å². The molecule has 0 spiro atoms. The monoisotopic (exact) mass is 436 g/mol. The third kappa shape index (κ3) is 4.21. The molecule has 3 amide bonds. The largest absolute Gasteiger partial charge is 0.444 e. The summed E-state index contributed by atoms with van der Waals surface area (Å²) in [6.45, 7) is 6.31. The van der Waals surface area contributed by atoms with E-state index >= 15 is 0 Å². The highest BCUT2D eigenvalue weighted by atomic mass is 16.7. The van der Waals surface area contributed by atoms with Crippen LogP contribution in [0.3, 0.4) is 0 Å². The lowest BCUT2D eigenvalue weighted by atomic mass is 9.93. The molecule has 32 heavy (non-hydrogen) atoms. The summed E-state index contributed by atoms with van der Waals surface area (Å²) in [6.07, 6.45) is 0.0900. The van der Waals surface area contributed by atoms with Gasteiger partial charge in [0.15, 0.2) is 0 Å². The number of nitrogens with zero attached hydrogens (tertiary/aromatic N) is 2. The molecule has 2 aromatic carbocycles. The molecule has 0 atom stereocenters. The van der Waals surface area contributed by atoms with Gasteiger partial charge in [0, 0.05) is 13.1 Å². The number of rotatable bonds is 3. The first-order valence-electron chi connectivity index (χ1n) is 10.4. The highest BCUT2D eigenvalue weighted by molar-refractivity contribution is 6.20. The van der Waals surface area contributed by atoms with E-state index in [2.05, 4.69) is 0 Å². The molecule has 0 N–H and O–H groups in total. The van der Waals surface area contributed by atoms with Gasteiger partial charge < -0.3 is 14.5 Å². The van der Waals surface area contributed by atoms with Gasteiger partial charge in [-0.3, -0.25) is 9.59 Å². The summed E-state index contributed by atoms with van der Waals surface area (Å²) < 4.78 is 5.45. The van der Waals surface area contributed by atoms with Crippen LogP contribution in [0.5, 0.6) is 0 Å². The molecule has 0 aliphatic carbocycles. The van der Waals surface area contributed by atoms with Gasteiger partial charge in [-0.1, -0.05) is 35.4 Å². The second kappa shape index (κ2) is 8.11. The minimum absolute atomic E-state index is 0.0942. The highest BCUT2D eigenvalue weighted by Gasteiger charge is 2.38. The smallest absolute Gasteiger partial charge is 0.410 e. The molecule has 0 saturated carbocycles. The van der Waals surface area contributed by atoms with Crippen molar-refractivity contribution in [2.24, 2.45) is 0 Å². The normalized spacial score (nSPS) is 15.3. The number of hydrogen-bond donors (Lipinski definition) is 0. The van der Waals surface area contributed by atoms with Crippen molar-refractivity contribution in [3.63, 3.8) is 0 Å². The first kappa shape index (κ1) is 21.5. The Kier molecular flexibility index (Phi) is 5.46. The van der Waals surface area contributed by atoms with Gasteiger partial charge in [0.2, 0.25) is 0 Å². The second-order valence-corrected chi connectivity index (χ2v) is 8.80. The topological polar surface area (TPSA) is 93.2 Å². The first-order chi connectivity index (χ1) is 15.1. The predicted octanol–water partition coefficient (Wildman–Crippen LogP) is 3.28. The van der Waals surface area contributed by atoms with E-state index in [0.717, 1.165) is 16.7 Å². The summed E-state index contributed by atoms with van der Waals surface area (Å²) in [7, 11) is 0. The molecule has 0 bridgehead atoms. The van der Waals surface area contributed by atoms with E-state index in [1.807, 2.05) is 39.0 Å². The molecule has 8 heteroatoms. The summed E-state index contributed by atoms with van der Waals surface area (Å²) in [5.74, 6) is -2.01. The SMILES string of the molecule is CC(C)(C)OC(=O)N1CCc2c(CC(=O)ON3C(=O)c4ccccc4C3=O)cccc2C1. The van der Waals surface area contributed by atoms with Gasteiger partial charge in [0.25, 0.3) is 11.8 Å². The maximum absolute atomic E-state index is 12.6. The molecule has 0 aromatic heterocycles. The lowest BCUT2D eigenvalue weighted by molar-refractivity contribution is -0.167. The van der Waals surface area contributed by atoms with Crippen LogP contribution < -0.4 is 0 Å². The Labute approximate surface area is 185 Å². The van der Waals surface area contributed by atoms with Crippen molar-refractivity contribution in [1.29, 1.82) is 0 Å². The summed E-state index contributed by atoms with van der Waals surface area (Å²) in [6, 6.07) is 11.9. The maximum atomic E-state index is 12.6. The molecule has 2 aromatic rings. The Balaban J connectivity index is 1.44. The fraction of sp³-hybridized carbons (Fsp3) is 0.333. The fourth-order valence-corrected chi connectivity index (χ4v) is 3.88. The number of carbonyl (C=O) groups is 4. The van der Waals surface area contributed by atoms with Crippen LogP contribution >= 0.6 is 0 Å². The van der Waals surface area contributed by atoms with Crippen LogP contribution in [0.2, 0.25) is 0 Å². The number of hydroxylamine groups is 2. The summed E-state index contributed by atoms with van der Waals surface area (Å²) in [4.78, 5) is 56.5. The molecule has 0 fully saturated rings. The van der Waals surface area contributed by atoms with Crippen molar-refractivity contribution in [2.75, 3.05) is 6.54 Å². The number of fused-ring (bicyclic) bond motifs is 2. The summed E-state index contributed by atoms with van der Waals surface area (Å²) >= 11 is 0. The van der Waals surface area contributed by atoms with Crippen LogP contribution in [-0.4, -0.2) is 46.0 Å². The number of imide groups is 1. The zero-order valence-electron chi connectivity index (χ0n) is 18.2. The summed E-state index contributed by atoms with van der Waals surface area (Å²) in [5, 5.41) is 0.520. The van der Waals surface area contributed by atoms with Crippen molar-refractivity contribution < 1.29 is 28.8 Å². The van der Waals surface area contributed by atoms with Crippen molar-refractivity contribution >= 4 is 23.9 Å². The van der Waals surface area contributed by atoms with E-state index in [1.54, 1.807) is 17.0 Å². The molecule has 8 nitrogen and oxygen atoms in total. The molecular weight excluding hydrogens is 412 g/mol. The van der Waals surface area contributed by atoms with E-state index in [4.69, 9.17) is 9.57 Å². The third-order valence-electron chi connectivity index (χ3n) is 5.30. The average molecular weight is 436 g/mol. The minimum atomic E-state index is -0.706. The second-order valence-electron chi connectivity index (χ2n) is 8.80. The van der Waals surface area contributed by atoms with Crippen molar-refractivity contribution in [3.8, 4) is 0 Å². The molecule has 0 saturated heterocycles. The molecule has 0 unspecified atom stereocenters. The predicted molar refractivity (Wildman–Crippen MR) is 114 cm³/mol. The number of amides is 3. The third-order valence-corrected chi connectivity index (χ3v) is 5.30. The number of carbonyl (C=O) groups excluding carboxylic acids is 4. The van der Waals surface area contributed by atoms with Gasteiger partial charge in [0.05, 0.1) is 17.5 Å². The van der Waals surface area contributed by atoms with Crippen LogP contribution in [0.4, 0.5) is 4.79 Å². The highest BCUT2D eigenvalue weighted by Crippen LogP contribution is 2.26. The van der Waals surface area contributed by atoms with Crippen molar-refractivity contribution in [1.82, 2.24) is 9.96 Å². The Bertz CT molecular complexity index is 1080. The van der Waals surface area contributed by atoms with Gasteiger partial charge in [0.1, 0.15) is 5.60 Å². The minimum Gasteiger partial charge on any atom is -0.444 e. The van der Waals surface area contributed by atoms with Crippen molar-refractivity contribution in [3.05, 3.63) is 70.3 Å². The number of benzene rings is 2. The Morgan fingerprint density at radius 3 is 2.25 bits per heavy atom. The number of hydrogen-bond acceptors (Lipinski definition) is 6. The van der Waals surface area contributed by atoms with Crippen LogP contribution in [0.15, 0.2) is 42.5 Å². The fourth-order valence-electron chi connectivity index (χ4n) is 3.88. The lowest BCUT2D eigenvalue weighted by Crippen LogP contribution is -2.40. The van der Waals surface area contributed by atoms with E-state index in [1.165, 1.54) is 12.1 Å². The number of ether oxygens (including phenoxy) is 1. The Morgan fingerprint density at radius 1 is 0.969 bits per heavy atom. The molecule has 2 heterocycles. The quantitative estimate of drug-likeness (QED) is 0.686. The summed E-state index contributed by atoms with van der Waals surface area (Å²) in [5.41, 5.74) is 2.48. The standard InChI is InChI=1S/C24H24N2O6/c1-24(2,3)31-23(30)25-12-11-17-15(7-6-8-16(17)14-25)13-20(27)32-26-21(28)18-9-4-5-10-19(18)22(26)29/h4-10H,11-14H2,1-3H3. The van der Waals surface area contributed by atoms with E-state index in [9.17, 15) is 19.2 Å². The zero-order chi connectivity index (χ0) is 23.0. The first-order valence-corrected chi connectivity index (χ1v) is 10.4. The lowest BCUT2D eigenvalue weighted by Gasteiger charge is -2.32. The molecule has 2 aliphatic heterocycles. The maximum Gasteiger partial charge on any atom is 0.410 e. The Morgan fingerprint density at radius 2 is 1.62 bits per heavy atom. The van der Waals surface area contributed by atoms with Gasteiger partial charge in [-0.15, -0.1) is 0 Å². The Hall–Kier alpha value is -3.68. The van der Waals surface area contributed by atoms with E-state index in [0.29, 0.717) is 24.6 Å². The van der Waals surface area contributed by atoms with Gasteiger partial charge >= 0.3 is 12.1 Å². The van der Waals surface area contributed by atoms with E-state index < -0.39 is 23.4 Å². The molecule has 4 rings (SSSR count).